The summed E-state index contributed by atoms with van der Waals surface area (Å²) in [6.45, 7) is 0. The minimum Gasteiger partial charge on any atom is -0.264 e. The molecule has 0 atom stereocenters. The number of aromatic nitrogens is 2. The van der Waals surface area contributed by atoms with Crippen molar-refractivity contribution in [3.8, 4) is 28.3 Å². The first-order valence-electron chi connectivity index (χ1n) is 6.70. The van der Waals surface area contributed by atoms with Gasteiger partial charge < -0.3 is 0 Å². The van der Waals surface area contributed by atoms with E-state index in [2.05, 4.69) is 16.0 Å². The SMILES string of the molecule is N#CCc1c(-c2cccnc2)cccc1-c1cccnc1. The topological polar surface area (TPSA) is 49.6 Å². The quantitative estimate of drug-likeness (QED) is 0.726. The molecular weight excluding hydrogens is 258 g/mol. The number of pyridine rings is 2. The standard InChI is InChI=1S/C18H13N3/c19-9-8-18-16(14-4-2-10-20-12-14)6-1-7-17(18)15-5-3-11-21-13-15/h1-7,10-13H,8H2. The van der Waals surface area contributed by atoms with Crippen molar-refractivity contribution in [1.29, 1.82) is 5.26 Å². The molecule has 0 N–H and O–H groups in total. The van der Waals surface area contributed by atoms with Crippen LogP contribution in [-0.4, -0.2) is 9.97 Å². The average Bonchev–Trinajstić information content (AvgIpc) is 2.57. The average molecular weight is 271 g/mol. The van der Waals surface area contributed by atoms with E-state index in [-0.39, 0.29) is 0 Å². The van der Waals surface area contributed by atoms with Crippen LogP contribution in [0.5, 0.6) is 0 Å². The van der Waals surface area contributed by atoms with E-state index in [1.54, 1.807) is 12.4 Å². The van der Waals surface area contributed by atoms with Gasteiger partial charge in [0, 0.05) is 35.9 Å². The van der Waals surface area contributed by atoms with E-state index >= 15 is 0 Å². The lowest BCUT2D eigenvalue weighted by Crippen LogP contribution is -1.94. The first-order valence-corrected chi connectivity index (χ1v) is 6.70. The van der Waals surface area contributed by atoms with Gasteiger partial charge in [-0.05, 0) is 28.8 Å². The number of hydrogen-bond acceptors (Lipinski definition) is 3. The monoisotopic (exact) mass is 271 g/mol. The van der Waals surface area contributed by atoms with E-state index < -0.39 is 0 Å². The van der Waals surface area contributed by atoms with Crippen LogP contribution in [0.1, 0.15) is 5.56 Å². The summed E-state index contributed by atoms with van der Waals surface area (Å²) >= 11 is 0. The second kappa shape index (κ2) is 5.98. The molecule has 0 saturated heterocycles. The second-order valence-electron chi connectivity index (χ2n) is 4.65. The fourth-order valence-electron chi connectivity index (χ4n) is 2.44. The van der Waals surface area contributed by atoms with Gasteiger partial charge in [0.05, 0.1) is 12.5 Å². The molecule has 3 rings (SSSR count). The van der Waals surface area contributed by atoms with E-state index in [9.17, 15) is 5.26 Å². The van der Waals surface area contributed by atoms with Crippen molar-refractivity contribution in [2.75, 3.05) is 0 Å². The fourth-order valence-corrected chi connectivity index (χ4v) is 2.44. The maximum atomic E-state index is 9.18. The number of nitrogens with zero attached hydrogens (tertiary/aromatic N) is 3. The van der Waals surface area contributed by atoms with Gasteiger partial charge in [-0.15, -0.1) is 0 Å². The van der Waals surface area contributed by atoms with Crippen molar-refractivity contribution in [2.24, 2.45) is 0 Å². The van der Waals surface area contributed by atoms with E-state index in [1.807, 2.05) is 54.9 Å². The van der Waals surface area contributed by atoms with Crippen molar-refractivity contribution < 1.29 is 0 Å². The van der Waals surface area contributed by atoms with Gasteiger partial charge in [0.1, 0.15) is 0 Å². The zero-order valence-electron chi connectivity index (χ0n) is 11.4. The fraction of sp³-hybridized carbons (Fsp3) is 0.0556. The van der Waals surface area contributed by atoms with Crippen LogP contribution < -0.4 is 0 Å². The molecule has 3 aromatic rings. The van der Waals surface area contributed by atoms with Gasteiger partial charge in [-0.25, -0.2) is 0 Å². The lowest BCUT2D eigenvalue weighted by atomic mass is 9.91. The highest BCUT2D eigenvalue weighted by Gasteiger charge is 2.11. The smallest absolute Gasteiger partial charge is 0.0670 e. The Labute approximate surface area is 123 Å². The maximum absolute atomic E-state index is 9.18. The molecule has 3 nitrogen and oxygen atoms in total. The Morgan fingerprint density at radius 2 is 1.38 bits per heavy atom. The Kier molecular flexibility index (Phi) is 3.70. The lowest BCUT2D eigenvalue weighted by Gasteiger charge is -2.12. The summed E-state index contributed by atoms with van der Waals surface area (Å²) in [6, 6.07) is 16.2. The summed E-state index contributed by atoms with van der Waals surface area (Å²) < 4.78 is 0. The molecule has 0 amide bonds. The molecule has 2 heterocycles. The predicted molar refractivity (Wildman–Crippen MR) is 82.2 cm³/mol. The van der Waals surface area contributed by atoms with Crippen LogP contribution in [0.25, 0.3) is 22.3 Å². The molecule has 1 aromatic carbocycles. The summed E-state index contributed by atoms with van der Waals surface area (Å²) in [5, 5.41) is 9.18. The molecule has 0 unspecified atom stereocenters. The molecule has 0 saturated carbocycles. The Morgan fingerprint density at radius 1 is 0.810 bits per heavy atom. The molecule has 0 aliphatic carbocycles. The molecule has 3 heteroatoms. The summed E-state index contributed by atoms with van der Waals surface area (Å²) in [5.74, 6) is 0. The molecule has 0 bridgehead atoms. The van der Waals surface area contributed by atoms with Gasteiger partial charge in [0.15, 0.2) is 0 Å². The summed E-state index contributed by atoms with van der Waals surface area (Å²) in [6.07, 6.45) is 7.50. The third-order valence-corrected chi connectivity index (χ3v) is 3.38. The highest BCUT2D eigenvalue weighted by molar-refractivity contribution is 5.78. The molecule has 0 spiro atoms. The van der Waals surface area contributed by atoms with Crippen LogP contribution in [0.3, 0.4) is 0 Å². The summed E-state index contributed by atoms with van der Waals surface area (Å²) in [5.41, 5.74) is 5.15. The number of nitriles is 1. The van der Waals surface area contributed by atoms with Gasteiger partial charge in [0.2, 0.25) is 0 Å². The first kappa shape index (κ1) is 13.0. The number of rotatable bonds is 3. The molecule has 0 fully saturated rings. The largest absolute Gasteiger partial charge is 0.264 e. The van der Waals surface area contributed by atoms with Gasteiger partial charge in [-0.1, -0.05) is 30.3 Å². The van der Waals surface area contributed by atoms with E-state index in [4.69, 9.17) is 0 Å². The molecule has 0 radical (unpaired) electrons. The highest BCUT2D eigenvalue weighted by atomic mass is 14.6. The normalized spacial score (nSPS) is 10.0. The van der Waals surface area contributed by atoms with Crippen LogP contribution >= 0.6 is 0 Å². The van der Waals surface area contributed by atoms with Crippen LogP contribution in [0.4, 0.5) is 0 Å². The van der Waals surface area contributed by atoms with E-state index in [1.165, 1.54) is 0 Å². The van der Waals surface area contributed by atoms with E-state index in [0.717, 1.165) is 27.8 Å². The minimum atomic E-state index is 0.356. The van der Waals surface area contributed by atoms with Crippen LogP contribution in [0, 0.1) is 11.3 Å². The van der Waals surface area contributed by atoms with Crippen LogP contribution in [0.15, 0.2) is 67.3 Å². The Balaban J connectivity index is 2.21. The molecule has 2 aromatic heterocycles. The highest BCUT2D eigenvalue weighted by Crippen LogP contribution is 2.32. The summed E-state index contributed by atoms with van der Waals surface area (Å²) in [7, 11) is 0. The molecule has 0 aliphatic rings. The third-order valence-electron chi connectivity index (χ3n) is 3.38. The Hall–Kier alpha value is -2.99. The lowest BCUT2D eigenvalue weighted by molar-refractivity contribution is 1.24. The molecular formula is C18H13N3. The minimum absolute atomic E-state index is 0.356. The van der Waals surface area contributed by atoms with Crippen molar-refractivity contribution in [1.82, 2.24) is 9.97 Å². The summed E-state index contributed by atoms with van der Waals surface area (Å²) in [4.78, 5) is 8.34. The Morgan fingerprint density at radius 3 is 1.81 bits per heavy atom. The predicted octanol–water partition coefficient (Wildman–Crippen LogP) is 3.88. The zero-order valence-corrected chi connectivity index (χ0v) is 11.4. The number of benzene rings is 1. The Bertz CT molecular complexity index is 717. The zero-order chi connectivity index (χ0) is 14.5. The maximum Gasteiger partial charge on any atom is 0.0670 e. The van der Waals surface area contributed by atoms with Gasteiger partial charge in [-0.3, -0.25) is 9.97 Å². The third kappa shape index (κ3) is 2.65. The number of hydrogen-bond donors (Lipinski definition) is 0. The van der Waals surface area contributed by atoms with E-state index in [0.29, 0.717) is 6.42 Å². The second-order valence-corrected chi connectivity index (χ2v) is 4.65. The molecule has 0 aliphatic heterocycles. The molecule has 21 heavy (non-hydrogen) atoms. The van der Waals surface area contributed by atoms with Gasteiger partial charge >= 0.3 is 0 Å². The van der Waals surface area contributed by atoms with Crippen molar-refractivity contribution in [3.63, 3.8) is 0 Å². The van der Waals surface area contributed by atoms with Crippen molar-refractivity contribution in [2.45, 2.75) is 6.42 Å². The van der Waals surface area contributed by atoms with Gasteiger partial charge in [0.25, 0.3) is 0 Å². The first-order chi connectivity index (χ1) is 10.4. The van der Waals surface area contributed by atoms with Gasteiger partial charge in [-0.2, -0.15) is 5.26 Å². The van der Waals surface area contributed by atoms with Crippen LogP contribution in [0.2, 0.25) is 0 Å². The van der Waals surface area contributed by atoms with Crippen molar-refractivity contribution in [3.05, 3.63) is 72.8 Å². The van der Waals surface area contributed by atoms with Crippen molar-refractivity contribution >= 4 is 0 Å². The molecule has 100 valence electrons. The van der Waals surface area contributed by atoms with Crippen LogP contribution in [-0.2, 0) is 6.42 Å².